The monoisotopic (exact) mass is 244 g/mol. The van der Waals surface area contributed by atoms with Gasteiger partial charge in [0, 0.05) is 17.7 Å². The van der Waals surface area contributed by atoms with E-state index < -0.39 is 0 Å². The van der Waals surface area contributed by atoms with Crippen molar-refractivity contribution in [3.63, 3.8) is 0 Å². The van der Waals surface area contributed by atoms with Gasteiger partial charge in [0.2, 0.25) is 5.91 Å². The number of aromatic nitrogens is 1. The zero-order valence-electron chi connectivity index (χ0n) is 10.5. The van der Waals surface area contributed by atoms with Crippen molar-refractivity contribution in [3.05, 3.63) is 42.1 Å². The van der Waals surface area contributed by atoms with Gasteiger partial charge in [-0.05, 0) is 13.8 Å². The van der Waals surface area contributed by atoms with E-state index in [1.165, 1.54) is 0 Å². The maximum atomic E-state index is 11.6. The van der Waals surface area contributed by atoms with Crippen molar-refractivity contribution in [2.45, 2.75) is 26.3 Å². The first-order chi connectivity index (χ1) is 8.65. The molecular formula is C14H16N2O2. The number of carbonyl (C=O) groups excluding carboxylic acids is 1. The number of hydrogen-bond donors (Lipinski definition) is 1. The van der Waals surface area contributed by atoms with E-state index in [2.05, 4.69) is 10.5 Å². The van der Waals surface area contributed by atoms with Gasteiger partial charge in [0.05, 0.1) is 12.1 Å². The van der Waals surface area contributed by atoms with Crippen molar-refractivity contribution in [2.75, 3.05) is 0 Å². The summed E-state index contributed by atoms with van der Waals surface area (Å²) in [6.45, 7) is 3.85. The predicted molar refractivity (Wildman–Crippen MR) is 68.9 cm³/mol. The molecular weight excluding hydrogens is 228 g/mol. The van der Waals surface area contributed by atoms with Crippen LogP contribution in [0.4, 0.5) is 0 Å². The lowest BCUT2D eigenvalue weighted by molar-refractivity contribution is -0.121. The first kappa shape index (κ1) is 12.4. The molecule has 4 nitrogen and oxygen atoms in total. The second-order valence-electron chi connectivity index (χ2n) is 4.45. The van der Waals surface area contributed by atoms with Gasteiger partial charge in [-0.25, -0.2) is 0 Å². The lowest BCUT2D eigenvalue weighted by Gasteiger charge is -2.05. The maximum absolute atomic E-state index is 11.6. The minimum atomic E-state index is -0.0436. The highest BCUT2D eigenvalue weighted by atomic mass is 16.5. The van der Waals surface area contributed by atoms with E-state index in [1.54, 1.807) is 6.07 Å². The van der Waals surface area contributed by atoms with Crippen LogP contribution in [0.3, 0.4) is 0 Å². The summed E-state index contributed by atoms with van der Waals surface area (Å²) in [6, 6.07) is 11.6. The van der Waals surface area contributed by atoms with Crippen molar-refractivity contribution in [2.24, 2.45) is 0 Å². The van der Waals surface area contributed by atoms with Crippen LogP contribution in [-0.4, -0.2) is 17.1 Å². The van der Waals surface area contributed by atoms with Gasteiger partial charge in [-0.3, -0.25) is 4.79 Å². The molecule has 2 aromatic rings. The van der Waals surface area contributed by atoms with Crippen LogP contribution >= 0.6 is 0 Å². The average Bonchev–Trinajstić information content (AvgIpc) is 2.77. The summed E-state index contributed by atoms with van der Waals surface area (Å²) in [6.07, 6.45) is 0.245. The standard InChI is InChI=1S/C14H16N2O2/c1-10(2)15-14(17)9-12-8-13(18-16-12)11-6-4-3-5-7-11/h3-8,10H,9H2,1-2H3,(H,15,17). The second-order valence-corrected chi connectivity index (χ2v) is 4.45. The number of amides is 1. The van der Waals surface area contributed by atoms with Crippen molar-refractivity contribution >= 4 is 5.91 Å². The highest BCUT2D eigenvalue weighted by Crippen LogP contribution is 2.19. The summed E-state index contributed by atoms with van der Waals surface area (Å²) in [7, 11) is 0. The number of nitrogens with zero attached hydrogens (tertiary/aromatic N) is 1. The number of carbonyl (C=O) groups is 1. The molecule has 94 valence electrons. The molecule has 1 aromatic carbocycles. The first-order valence-electron chi connectivity index (χ1n) is 5.95. The Hall–Kier alpha value is -2.10. The highest BCUT2D eigenvalue weighted by Gasteiger charge is 2.10. The molecule has 0 spiro atoms. The summed E-state index contributed by atoms with van der Waals surface area (Å²) < 4.78 is 5.23. The molecule has 0 aliphatic rings. The molecule has 1 aromatic heterocycles. The molecule has 18 heavy (non-hydrogen) atoms. The molecule has 0 atom stereocenters. The number of benzene rings is 1. The number of rotatable bonds is 4. The molecule has 1 heterocycles. The molecule has 0 bridgehead atoms. The second kappa shape index (κ2) is 5.49. The largest absolute Gasteiger partial charge is 0.356 e. The quantitative estimate of drug-likeness (QED) is 0.898. The molecule has 2 rings (SSSR count). The number of hydrogen-bond acceptors (Lipinski definition) is 3. The molecule has 1 N–H and O–H groups in total. The van der Waals surface area contributed by atoms with Gasteiger partial charge in [0.25, 0.3) is 0 Å². The van der Waals surface area contributed by atoms with Gasteiger partial charge < -0.3 is 9.84 Å². The molecule has 0 aliphatic heterocycles. The lowest BCUT2D eigenvalue weighted by Crippen LogP contribution is -2.31. The Morgan fingerprint density at radius 2 is 2.06 bits per heavy atom. The summed E-state index contributed by atoms with van der Waals surface area (Å²) >= 11 is 0. The number of nitrogens with one attached hydrogen (secondary N) is 1. The Kier molecular flexibility index (Phi) is 3.77. The van der Waals surface area contributed by atoms with E-state index in [0.29, 0.717) is 11.5 Å². The van der Waals surface area contributed by atoms with E-state index in [0.717, 1.165) is 5.56 Å². The highest BCUT2D eigenvalue weighted by molar-refractivity contribution is 5.78. The molecule has 1 amide bonds. The smallest absolute Gasteiger partial charge is 0.226 e. The fourth-order valence-corrected chi connectivity index (χ4v) is 1.67. The zero-order chi connectivity index (χ0) is 13.0. The maximum Gasteiger partial charge on any atom is 0.226 e. The van der Waals surface area contributed by atoms with Gasteiger partial charge in [-0.2, -0.15) is 0 Å². The predicted octanol–water partition coefficient (Wildman–Crippen LogP) is 2.41. The Labute approximate surface area is 106 Å². The van der Waals surface area contributed by atoms with Crippen molar-refractivity contribution in [1.29, 1.82) is 0 Å². The summed E-state index contributed by atoms with van der Waals surface area (Å²) in [5.74, 6) is 0.640. The minimum absolute atomic E-state index is 0.0436. The molecule has 0 saturated carbocycles. The van der Waals surface area contributed by atoms with Crippen LogP contribution in [0.15, 0.2) is 40.9 Å². The topological polar surface area (TPSA) is 55.1 Å². The minimum Gasteiger partial charge on any atom is -0.356 e. The summed E-state index contributed by atoms with van der Waals surface area (Å²) in [4.78, 5) is 11.6. The Morgan fingerprint density at radius 3 is 2.72 bits per heavy atom. The Morgan fingerprint density at radius 1 is 1.33 bits per heavy atom. The van der Waals surface area contributed by atoms with E-state index >= 15 is 0 Å². The molecule has 0 saturated heterocycles. The molecule has 0 fully saturated rings. The van der Waals surface area contributed by atoms with E-state index in [9.17, 15) is 4.79 Å². The van der Waals surface area contributed by atoms with Crippen LogP contribution in [0, 0.1) is 0 Å². The summed E-state index contributed by atoms with van der Waals surface area (Å²) in [5.41, 5.74) is 1.60. The average molecular weight is 244 g/mol. The Bertz CT molecular complexity index is 518. The fourth-order valence-electron chi connectivity index (χ4n) is 1.67. The van der Waals surface area contributed by atoms with E-state index in [-0.39, 0.29) is 18.4 Å². The summed E-state index contributed by atoms with van der Waals surface area (Å²) in [5, 5.41) is 6.72. The van der Waals surface area contributed by atoms with Gasteiger partial charge >= 0.3 is 0 Å². The molecule has 0 radical (unpaired) electrons. The first-order valence-corrected chi connectivity index (χ1v) is 5.95. The van der Waals surface area contributed by atoms with Crippen LogP contribution < -0.4 is 5.32 Å². The third-order valence-electron chi connectivity index (χ3n) is 2.41. The lowest BCUT2D eigenvalue weighted by atomic mass is 10.1. The third-order valence-corrected chi connectivity index (χ3v) is 2.41. The van der Waals surface area contributed by atoms with E-state index in [4.69, 9.17) is 4.52 Å². The molecule has 0 aliphatic carbocycles. The van der Waals surface area contributed by atoms with E-state index in [1.807, 2.05) is 44.2 Å². The SMILES string of the molecule is CC(C)NC(=O)Cc1cc(-c2ccccc2)on1. The van der Waals surface area contributed by atoms with Crippen molar-refractivity contribution < 1.29 is 9.32 Å². The van der Waals surface area contributed by atoms with Crippen LogP contribution in [0.25, 0.3) is 11.3 Å². The third kappa shape index (κ3) is 3.20. The molecule has 0 unspecified atom stereocenters. The van der Waals surface area contributed by atoms with Crippen LogP contribution in [0.5, 0.6) is 0 Å². The van der Waals surface area contributed by atoms with Crippen LogP contribution in [-0.2, 0) is 11.2 Å². The van der Waals surface area contributed by atoms with Gasteiger partial charge in [0.15, 0.2) is 5.76 Å². The zero-order valence-corrected chi connectivity index (χ0v) is 10.5. The van der Waals surface area contributed by atoms with Crippen molar-refractivity contribution in [3.8, 4) is 11.3 Å². The normalized spacial score (nSPS) is 10.6. The van der Waals surface area contributed by atoms with Gasteiger partial charge in [-0.15, -0.1) is 0 Å². The molecule has 4 heteroatoms. The van der Waals surface area contributed by atoms with Gasteiger partial charge in [-0.1, -0.05) is 35.5 Å². The Balaban J connectivity index is 2.05. The fraction of sp³-hybridized carbons (Fsp3) is 0.286. The van der Waals surface area contributed by atoms with Gasteiger partial charge in [0.1, 0.15) is 0 Å². The van der Waals surface area contributed by atoms with Crippen molar-refractivity contribution in [1.82, 2.24) is 10.5 Å². The van der Waals surface area contributed by atoms with Crippen LogP contribution in [0.1, 0.15) is 19.5 Å². The van der Waals surface area contributed by atoms with Crippen LogP contribution in [0.2, 0.25) is 0 Å².